The van der Waals surface area contributed by atoms with Crippen molar-refractivity contribution in [1.29, 1.82) is 5.41 Å². The first kappa shape index (κ1) is 19.2. The molecule has 0 atom stereocenters. The van der Waals surface area contributed by atoms with Crippen LogP contribution in [0.4, 0.5) is 0 Å². The van der Waals surface area contributed by atoms with Crippen molar-refractivity contribution in [2.24, 2.45) is 5.73 Å². The van der Waals surface area contributed by atoms with Crippen LogP contribution in [0.5, 0.6) is 0 Å². The monoisotopic (exact) mass is 326 g/mol. The molecule has 7 heteroatoms. The van der Waals surface area contributed by atoms with Gasteiger partial charge in [-0.2, -0.15) is 8.42 Å². The molecular weight excluding hydrogens is 308 g/mol. The fraction of sp³-hybridized carbons (Fsp3) is 0.0714. The summed E-state index contributed by atoms with van der Waals surface area (Å²) >= 11 is 1.35. The van der Waals surface area contributed by atoms with Crippen LogP contribution in [0.1, 0.15) is 5.56 Å². The fourth-order valence-corrected chi connectivity index (χ4v) is 1.83. The molecule has 0 saturated carbocycles. The molecule has 0 aliphatic rings. The molecule has 0 fully saturated rings. The third-order valence-corrected chi connectivity index (χ3v) is 3.14. The van der Waals surface area contributed by atoms with E-state index < -0.39 is 10.1 Å². The second-order valence-electron chi connectivity index (χ2n) is 3.60. The van der Waals surface area contributed by atoms with Gasteiger partial charge in [0.05, 0.1) is 5.41 Å². The highest BCUT2D eigenvalue weighted by atomic mass is 32.2. The van der Waals surface area contributed by atoms with Gasteiger partial charge in [0.15, 0.2) is 5.17 Å². The second kappa shape index (κ2) is 10.9. The first-order chi connectivity index (χ1) is 9.85. The number of allylic oxidation sites excluding steroid dienone is 4. The van der Waals surface area contributed by atoms with Crippen molar-refractivity contribution in [2.45, 2.75) is 5.75 Å². The molecule has 0 unspecified atom stereocenters. The van der Waals surface area contributed by atoms with E-state index in [9.17, 15) is 8.42 Å². The van der Waals surface area contributed by atoms with Gasteiger partial charge in [0.1, 0.15) is 0 Å². The standard InChI is InChI=1S/C8H10N2S.C6H8O3S/c9-8(10)11-6-7-4-2-1-3-5-7;1-2-3-4-5-6-10(7,8)9/h1-5H,6H2,(H3,9,10);2-6H,1H2,(H,7,8,9). The minimum Gasteiger partial charge on any atom is -0.379 e. The first-order valence-corrected chi connectivity index (χ1v) is 8.28. The van der Waals surface area contributed by atoms with Crippen LogP contribution < -0.4 is 5.73 Å². The third kappa shape index (κ3) is 14.4. The summed E-state index contributed by atoms with van der Waals surface area (Å²) in [7, 11) is -3.97. The molecular formula is C14H18N2O3S2. The van der Waals surface area contributed by atoms with E-state index in [1.54, 1.807) is 6.08 Å². The number of hydrogen-bond acceptors (Lipinski definition) is 4. The van der Waals surface area contributed by atoms with Crippen molar-refractivity contribution in [3.63, 3.8) is 0 Å². The predicted octanol–water partition coefficient (Wildman–Crippen LogP) is 2.94. The number of thioether (sulfide) groups is 1. The highest BCUT2D eigenvalue weighted by Gasteiger charge is 1.92. The number of amidine groups is 1. The summed E-state index contributed by atoms with van der Waals surface area (Å²) in [6, 6.07) is 9.99. The Labute approximate surface area is 129 Å². The van der Waals surface area contributed by atoms with Gasteiger partial charge in [0, 0.05) is 5.75 Å². The van der Waals surface area contributed by atoms with Gasteiger partial charge in [-0.25, -0.2) is 0 Å². The van der Waals surface area contributed by atoms with Crippen LogP contribution in [0.15, 0.2) is 66.6 Å². The van der Waals surface area contributed by atoms with Gasteiger partial charge in [-0.15, -0.1) is 0 Å². The van der Waals surface area contributed by atoms with Gasteiger partial charge < -0.3 is 5.73 Å². The van der Waals surface area contributed by atoms with Gasteiger partial charge in [-0.3, -0.25) is 9.96 Å². The van der Waals surface area contributed by atoms with Crippen LogP contribution in [-0.4, -0.2) is 18.1 Å². The maximum atomic E-state index is 10.0. The van der Waals surface area contributed by atoms with E-state index in [-0.39, 0.29) is 5.17 Å². The Bertz CT molecular complexity index is 594. The normalized spacial score (nSPS) is 11.1. The summed E-state index contributed by atoms with van der Waals surface area (Å²) < 4.78 is 28.1. The SMILES string of the molecule is C=CC=CC=CS(=O)(=O)O.N=C(N)SCc1ccccc1. The minimum atomic E-state index is -3.97. The van der Waals surface area contributed by atoms with E-state index >= 15 is 0 Å². The lowest BCUT2D eigenvalue weighted by Crippen LogP contribution is -2.03. The van der Waals surface area contributed by atoms with Crippen molar-refractivity contribution in [3.05, 3.63) is 72.2 Å². The predicted molar refractivity (Wildman–Crippen MR) is 89.7 cm³/mol. The number of rotatable bonds is 5. The molecule has 21 heavy (non-hydrogen) atoms. The molecule has 0 spiro atoms. The van der Waals surface area contributed by atoms with Crippen LogP contribution >= 0.6 is 11.8 Å². The molecule has 1 rings (SSSR count). The van der Waals surface area contributed by atoms with Crippen molar-refractivity contribution in [2.75, 3.05) is 0 Å². The molecule has 0 heterocycles. The third-order valence-electron chi connectivity index (χ3n) is 1.85. The Morgan fingerprint density at radius 1 is 1.29 bits per heavy atom. The summed E-state index contributed by atoms with van der Waals surface area (Å²) in [5, 5.41) is 7.85. The van der Waals surface area contributed by atoms with E-state index in [1.807, 2.05) is 30.3 Å². The zero-order valence-electron chi connectivity index (χ0n) is 11.3. The Hall–Kier alpha value is -1.83. The molecule has 0 amide bonds. The average molecular weight is 326 g/mol. The van der Waals surface area contributed by atoms with E-state index in [0.717, 1.165) is 5.75 Å². The average Bonchev–Trinajstić information content (AvgIpc) is 2.42. The Morgan fingerprint density at radius 2 is 1.90 bits per heavy atom. The maximum absolute atomic E-state index is 10.0. The van der Waals surface area contributed by atoms with Crippen molar-refractivity contribution in [1.82, 2.24) is 0 Å². The van der Waals surface area contributed by atoms with Gasteiger partial charge in [-0.05, 0) is 11.6 Å². The van der Waals surface area contributed by atoms with E-state index in [2.05, 4.69) is 6.58 Å². The van der Waals surface area contributed by atoms with Gasteiger partial charge in [0.25, 0.3) is 10.1 Å². The fourth-order valence-electron chi connectivity index (χ4n) is 1.02. The number of nitrogens with two attached hydrogens (primary N) is 1. The lowest BCUT2D eigenvalue weighted by molar-refractivity contribution is 0.494. The number of benzene rings is 1. The zero-order valence-corrected chi connectivity index (χ0v) is 13.0. The number of hydrogen-bond donors (Lipinski definition) is 3. The van der Waals surface area contributed by atoms with Gasteiger partial charge in [-0.1, -0.05) is 66.9 Å². The van der Waals surface area contributed by atoms with Gasteiger partial charge >= 0.3 is 0 Å². The summed E-state index contributed by atoms with van der Waals surface area (Å²) in [5.41, 5.74) is 6.39. The maximum Gasteiger partial charge on any atom is 0.287 e. The highest BCUT2D eigenvalue weighted by Crippen LogP contribution is 2.09. The molecule has 0 aromatic heterocycles. The quantitative estimate of drug-likeness (QED) is 0.334. The molecule has 0 radical (unpaired) electrons. The van der Waals surface area contributed by atoms with Crippen LogP contribution in [0, 0.1) is 5.41 Å². The minimum absolute atomic E-state index is 0.175. The Balaban J connectivity index is 0.000000384. The lowest BCUT2D eigenvalue weighted by atomic mass is 10.2. The summed E-state index contributed by atoms with van der Waals surface area (Å²) in [4.78, 5) is 0. The van der Waals surface area contributed by atoms with Gasteiger partial charge in [0.2, 0.25) is 0 Å². The van der Waals surface area contributed by atoms with Crippen molar-refractivity contribution < 1.29 is 13.0 Å². The van der Waals surface area contributed by atoms with Crippen LogP contribution in [0.2, 0.25) is 0 Å². The molecule has 0 aliphatic heterocycles. The number of nitrogens with one attached hydrogen (secondary N) is 1. The molecule has 0 bridgehead atoms. The summed E-state index contributed by atoms with van der Waals surface area (Å²) in [6.07, 6.45) is 5.69. The summed E-state index contributed by atoms with van der Waals surface area (Å²) in [6.45, 7) is 3.36. The molecule has 4 N–H and O–H groups in total. The molecule has 1 aromatic carbocycles. The van der Waals surface area contributed by atoms with E-state index in [4.69, 9.17) is 15.7 Å². The Morgan fingerprint density at radius 3 is 2.38 bits per heavy atom. The molecule has 5 nitrogen and oxygen atoms in total. The highest BCUT2D eigenvalue weighted by molar-refractivity contribution is 8.13. The van der Waals surface area contributed by atoms with Crippen molar-refractivity contribution >= 4 is 27.0 Å². The van der Waals surface area contributed by atoms with Crippen LogP contribution in [0.25, 0.3) is 0 Å². The lowest BCUT2D eigenvalue weighted by Gasteiger charge is -1.97. The van der Waals surface area contributed by atoms with E-state index in [1.165, 1.54) is 35.6 Å². The Kier molecular flexibility index (Phi) is 9.95. The second-order valence-corrected chi connectivity index (χ2v) is 5.92. The topological polar surface area (TPSA) is 104 Å². The van der Waals surface area contributed by atoms with Crippen LogP contribution in [0.3, 0.4) is 0 Å². The largest absolute Gasteiger partial charge is 0.379 e. The molecule has 0 aliphatic carbocycles. The summed E-state index contributed by atoms with van der Waals surface area (Å²) in [5.74, 6) is 0.788. The molecule has 0 saturated heterocycles. The van der Waals surface area contributed by atoms with Crippen LogP contribution in [-0.2, 0) is 15.9 Å². The first-order valence-electron chi connectivity index (χ1n) is 5.79. The smallest absolute Gasteiger partial charge is 0.287 e. The van der Waals surface area contributed by atoms with E-state index in [0.29, 0.717) is 5.41 Å². The molecule has 1 aromatic rings. The van der Waals surface area contributed by atoms with Crippen molar-refractivity contribution in [3.8, 4) is 0 Å². The zero-order chi connectivity index (χ0) is 16.1. The molecule has 114 valence electrons.